The molecule has 1 heterocycles. The van der Waals surface area contributed by atoms with Gasteiger partial charge in [0.2, 0.25) is 0 Å². The first-order chi connectivity index (χ1) is 7.86. The molecule has 0 bridgehead atoms. The second-order valence-corrected chi connectivity index (χ2v) is 3.75. The van der Waals surface area contributed by atoms with Gasteiger partial charge in [0, 0.05) is 11.1 Å². The van der Waals surface area contributed by atoms with E-state index in [1.54, 1.807) is 0 Å². The molecule has 0 saturated heterocycles. The second kappa shape index (κ2) is 3.45. The molecule has 0 fully saturated rings. The third-order valence-corrected chi connectivity index (χ3v) is 2.80. The molecule has 3 heteroatoms. The summed E-state index contributed by atoms with van der Waals surface area (Å²) >= 11 is 0. The smallest absolute Gasteiger partial charge is 0.254 e. The van der Waals surface area contributed by atoms with E-state index in [0.717, 1.165) is 22.4 Å². The van der Waals surface area contributed by atoms with Crippen LogP contribution in [0.3, 0.4) is 0 Å². The minimum absolute atomic E-state index is 0.0350. The molecule has 1 aliphatic rings. The highest BCUT2D eigenvalue weighted by molar-refractivity contribution is 5.82. The van der Waals surface area contributed by atoms with Gasteiger partial charge in [0.25, 0.3) is 5.56 Å². The van der Waals surface area contributed by atoms with Gasteiger partial charge in [0.05, 0.1) is 12.0 Å². The van der Waals surface area contributed by atoms with E-state index < -0.39 is 0 Å². The molecule has 1 aliphatic carbocycles. The summed E-state index contributed by atoms with van der Waals surface area (Å²) in [6, 6.07) is 10.0. The van der Waals surface area contributed by atoms with Crippen molar-refractivity contribution < 1.29 is 0 Å². The number of nitrogens with zero attached hydrogens (tertiary/aromatic N) is 1. The molecule has 0 amide bonds. The molecule has 3 nitrogen and oxygen atoms in total. The average Bonchev–Trinajstić information content (AvgIpc) is 2.75. The lowest BCUT2D eigenvalue weighted by Gasteiger charge is -2.03. The monoisotopic (exact) mass is 210 g/mol. The maximum Gasteiger partial charge on any atom is 0.254 e. The fraction of sp³-hybridized carbons (Fsp3) is 0.0769. The summed E-state index contributed by atoms with van der Waals surface area (Å²) in [6.45, 7) is 0. The van der Waals surface area contributed by atoms with Crippen molar-refractivity contribution in [2.45, 2.75) is 6.42 Å². The van der Waals surface area contributed by atoms with Gasteiger partial charge in [-0.25, -0.2) is 4.98 Å². The van der Waals surface area contributed by atoms with Crippen molar-refractivity contribution in [3.05, 3.63) is 69.9 Å². The van der Waals surface area contributed by atoms with Crippen LogP contribution in [0.1, 0.15) is 16.8 Å². The average molecular weight is 210 g/mol. The summed E-state index contributed by atoms with van der Waals surface area (Å²) in [5.74, 6) is 0. The normalized spacial score (nSPS) is 13.4. The standard InChI is InChI=1S/C13H10N2O/c16-13-11-7-6-10(12(11)14-8-15-13)9-4-2-1-3-5-9/h1-6,8H,7H2,(H,14,15,16). The Balaban J connectivity index is 2.17. The molecule has 1 N–H and O–H groups in total. The highest BCUT2D eigenvalue weighted by Gasteiger charge is 2.19. The molecule has 0 saturated carbocycles. The van der Waals surface area contributed by atoms with Gasteiger partial charge in [-0.1, -0.05) is 36.4 Å². The molecule has 0 unspecified atom stereocenters. The first kappa shape index (κ1) is 9.09. The Hall–Kier alpha value is -2.16. The van der Waals surface area contributed by atoms with Crippen LogP contribution in [0.5, 0.6) is 0 Å². The van der Waals surface area contributed by atoms with Gasteiger partial charge in [-0.3, -0.25) is 4.79 Å². The van der Waals surface area contributed by atoms with Crippen LogP contribution in [-0.4, -0.2) is 9.97 Å². The zero-order chi connectivity index (χ0) is 11.0. The van der Waals surface area contributed by atoms with Gasteiger partial charge >= 0.3 is 0 Å². The number of nitrogens with one attached hydrogen (secondary N) is 1. The fourth-order valence-electron chi connectivity index (χ4n) is 2.02. The minimum Gasteiger partial charge on any atom is -0.313 e. The van der Waals surface area contributed by atoms with Crippen molar-refractivity contribution in [2.75, 3.05) is 0 Å². The Morgan fingerprint density at radius 3 is 2.81 bits per heavy atom. The first-order valence-corrected chi connectivity index (χ1v) is 5.19. The van der Waals surface area contributed by atoms with E-state index in [1.165, 1.54) is 6.33 Å². The van der Waals surface area contributed by atoms with Gasteiger partial charge in [0.1, 0.15) is 0 Å². The third kappa shape index (κ3) is 1.29. The summed E-state index contributed by atoms with van der Waals surface area (Å²) in [5.41, 5.74) is 3.71. The molecule has 1 aromatic carbocycles. The maximum atomic E-state index is 11.6. The lowest BCUT2D eigenvalue weighted by atomic mass is 10.0. The first-order valence-electron chi connectivity index (χ1n) is 5.19. The van der Waals surface area contributed by atoms with Crippen molar-refractivity contribution >= 4 is 5.57 Å². The quantitative estimate of drug-likeness (QED) is 0.779. The number of fused-ring (bicyclic) bond motifs is 1. The van der Waals surface area contributed by atoms with E-state index in [9.17, 15) is 4.79 Å². The molecular formula is C13H10N2O. The van der Waals surface area contributed by atoms with Gasteiger partial charge < -0.3 is 4.98 Å². The van der Waals surface area contributed by atoms with Crippen LogP contribution in [0.2, 0.25) is 0 Å². The number of hydrogen-bond donors (Lipinski definition) is 1. The molecule has 3 rings (SSSR count). The van der Waals surface area contributed by atoms with Crippen molar-refractivity contribution in [2.24, 2.45) is 0 Å². The fourth-order valence-corrected chi connectivity index (χ4v) is 2.02. The van der Waals surface area contributed by atoms with Crippen molar-refractivity contribution in [1.82, 2.24) is 9.97 Å². The Kier molecular flexibility index (Phi) is 1.96. The van der Waals surface area contributed by atoms with E-state index >= 15 is 0 Å². The summed E-state index contributed by atoms with van der Waals surface area (Å²) in [7, 11) is 0. The number of rotatable bonds is 1. The number of benzene rings is 1. The highest BCUT2D eigenvalue weighted by atomic mass is 16.1. The van der Waals surface area contributed by atoms with Crippen molar-refractivity contribution in [3.8, 4) is 0 Å². The van der Waals surface area contributed by atoms with Crippen LogP contribution in [0.15, 0.2) is 47.5 Å². The van der Waals surface area contributed by atoms with E-state index in [-0.39, 0.29) is 5.56 Å². The number of aromatic amines is 1. The molecule has 1 aromatic heterocycles. The van der Waals surface area contributed by atoms with Crippen LogP contribution in [0, 0.1) is 0 Å². The van der Waals surface area contributed by atoms with E-state index in [0.29, 0.717) is 6.42 Å². The van der Waals surface area contributed by atoms with Gasteiger partial charge in [0.15, 0.2) is 0 Å². The van der Waals surface area contributed by atoms with E-state index in [4.69, 9.17) is 0 Å². The lowest BCUT2D eigenvalue weighted by molar-refractivity contribution is 1.04. The van der Waals surface area contributed by atoms with Crippen LogP contribution in [0.25, 0.3) is 5.57 Å². The molecule has 16 heavy (non-hydrogen) atoms. The lowest BCUT2D eigenvalue weighted by Crippen LogP contribution is -2.13. The van der Waals surface area contributed by atoms with Crippen LogP contribution in [-0.2, 0) is 6.42 Å². The van der Waals surface area contributed by atoms with Gasteiger partial charge in [-0.15, -0.1) is 0 Å². The second-order valence-electron chi connectivity index (χ2n) is 3.75. The van der Waals surface area contributed by atoms with Gasteiger partial charge in [-0.2, -0.15) is 0 Å². The van der Waals surface area contributed by atoms with Crippen molar-refractivity contribution in [1.29, 1.82) is 0 Å². The molecule has 0 spiro atoms. The zero-order valence-corrected chi connectivity index (χ0v) is 8.60. The summed E-state index contributed by atoms with van der Waals surface area (Å²) in [4.78, 5) is 18.4. The zero-order valence-electron chi connectivity index (χ0n) is 8.60. The molecule has 0 atom stereocenters. The molecule has 78 valence electrons. The summed E-state index contributed by atoms with van der Waals surface area (Å²) < 4.78 is 0. The minimum atomic E-state index is -0.0350. The number of hydrogen-bond acceptors (Lipinski definition) is 2. The SMILES string of the molecule is O=c1[nH]cnc2c1CC=C2c1ccccc1. The largest absolute Gasteiger partial charge is 0.313 e. The Bertz CT molecular complexity index is 611. The molecule has 0 aliphatic heterocycles. The Morgan fingerprint density at radius 1 is 1.19 bits per heavy atom. The summed E-state index contributed by atoms with van der Waals surface area (Å²) in [5, 5.41) is 0. The van der Waals surface area contributed by atoms with Crippen molar-refractivity contribution in [3.63, 3.8) is 0 Å². The predicted molar refractivity (Wildman–Crippen MR) is 62.1 cm³/mol. The number of allylic oxidation sites excluding steroid dienone is 1. The Labute approximate surface area is 92.5 Å². The van der Waals surface area contributed by atoms with Gasteiger partial charge in [-0.05, 0) is 12.0 Å². The van der Waals surface area contributed by atoms with E-state index in [2.05, 4.69) is 16.0 Å². The predicted octanol–water partition coefficient (Wildman–Crippen LogP) is 1.76. The highest BCUT2D eigenvalue weighted by Crippen LogP contribution is 2.28. The maximum absolute atomic E-state index is 11.6. The summed E-state index contributed by atoms with van der Waals surface area (Å²) in [6.07, 6.45) is 4.19. The molecule has 2 aromatic rings. The molecular weight excluding hydrogens is 200 g/mol. The van der Waals surface area contributed by atoms with Crippen LogP contribution >= 0.6 is 0 Å². The van der Waals surface area contributed by atoms with Crippen LogP contribution < -0.4 is 5.56 Å². The van der Waals surface area contributed by atoms with E-state index in [1.807, 2.05) is 30.3 Å². The Morgan fingerprint density at radius 2 is 2.00 bits per heavy atom. The topological polar surface area (TPSA) is 45.8 Å². The van der Waals surface area contributed by atoms with Crippen LogP contribution in [0.4, 0.5) is 0 Å². The number of aromatic nitrogens is 2. The third-order valence-electron chi connectivity index (χ3n) is 2.80. The molecule has 0 radical (unpaired) electrons. The number of H-pyrrole nitrogens is 1.